The van der Waals surface area contributed by atoms with E-state index in [1.165, 1.54) is 6.92 Å². The van der Waals surface area contributed by atoms with Crippen LogP contribution in [0.15, 0.2) is 30.3 Å². The Morgan fingerprint density at radius 2 is 1.47 bits per heavy atom. The van der Waals surface area contributed by atoms with E-state index in [2.05, 4.69) is 16.0 Å². The number of carbonyl (C=O) groups is 6. The summed E-state index contributed by atoms with van der Waals surface area (Å²) in [4.78, 5) is 71.3. The van der Waals surface area contributed by atoms with Gasteiger partial charge in [0.25, 0.3) is 0 Å². The second-order valence-corrected chi connectivity index (χ2v) is 8.09. The van der Waals surface area contributed by atoms with Gasteiger partial charge in [0, 0.05) is 12.8 Å². The summed E-state index contributed by atoms with van der Waals surface area (Å²) >= 11 is 0. The van der Waals surface area contributed by atoms with E-state index in [0.29, 0.717) is 5.56 Å². The number of carboxylic acids is 2. The first-order valence-corrected chi connectivity index (χ1v) is 10.9. The van der Waals surface area contributed by atoms with E-state index < -0.39 is 85.1 Å². The highest BCUT2D eigenvalue weighted by molar-refractivity contribution is 5.95. The van der Waals surface area contributed by atoms with Crippen LogP contribution < -0.4 is 27.4 Å². The summed E-state index contributed by atoms with van der Waals surface area (Å²) in [6.07, 6.45) is -2.99. The zero-order valence-electron chi connectivity index (χ0n) is 19.5. The predicted octanol–water partition coefficient (Wildman–Crippen LogP) is -2.78. The molecule has 4 amide bonds. The summed E-state index contributed by atoms with van der Waals surface area (Å²) in [6, 6.07) is 2.61. The molecule has 10 N–H and O–H groups in total. The zero-order valence-corrected chi connectivity index (χ0v) is 19.5. The SMILES string of the molecule is CC(O)C(NC(=O)C(Cc1ccccc1)NC(=O)C(N)CC(N)=O)C(=O)NC(CCC(=O)O)C(=O)O. The monoisotopic (exact) mass is 509 g/mol. The van der Waals surface area contributed by atoms with Crippen LogP contribution >= 0.6 is 0 Å². The van der Waals surface area contributed by atoms with Crippen molar-refractivity contribution in [2.24, 2.45) is 11.5 Å². The van der Waals surface area contributed by atoms with Gasteiger partial charge in [0.2, 0.25) is 23.6 Å². The first-order chi connectivity index (χ1) is 16.8. The molecular formula is C22H31N5O9. The molecule has 1 rings (SSSR count). The minimum Gasteiger partial charge on any atom is -0.481 e. The lowest BCUT2D eigenvalue weighted by atomic mass is 10.0. The highest BCUT2D eigenvalue weighted by atomic mass is 16.4. The Morgan fingerprint density at radius 1 is 0.889 bits per heavy atom. The van der Waals surface area contributed by atoms with Crippen molar-refractivity contribution < 1.29 is 44.1 Å². The maximum atomic E-state index is 13.0. The summed E-state index contributed by atoms with van der Waals surface area (Å²) in [5.74, 6) is -6.45. The topological polar surface area (TPSA) is 251 Å². The van der Waals surface area contributed by atoms with E-state index in [1.54, 1.807) is 30.3 Å². The number of nitrogens with one attached hydrogen (secondary N) is 3. The number of hydrogen-bond acceptors (Lipinski definition) is 8. The van der Waals surface area contributed by atoms with Crippen molar-refractivity contribution in [3.05, 3.63) is 35.9 Å². The van der Waals surface area contributed by atoms with Crippen LogP contribution in [0.1, 0.15) is 31.7 Å². The molecule has 5 unspecified atom stereocenters. The Morgan fingerprint density at radius 3 is 1.97 bits per heavy atom. The third-order valence-corrected chi connectivity index (χ3v) is 5.00. The standard InChI is InChI=1S/C22H31N5O9/c1-11(28)18(21(34)25-14(22(35)36)7-8-17(30)31)27-20(33)15(9-12-5-3-2-4-6-12)26-19(32)13(23)10-16(24)29/h2-6,11,13-15,18,28H,7-10,23H2,1H3,(H2,24,29)(H,25,34)(H,26,32)(H,27,33)(H,30,31)(H,35,36). The van der Waals surface area contributed by atoms with Crippen molar-refractivity contribution in [2.75, 3.05) is 0 Å². The Hall–Kier alpha value is -4.04. The zero-order chi connectivity index (χ0) is 27.4. The fourth-order valence-corrected chi connectivity index (χ4v) is 3.09. The lowest BCUT2D eigenvalue weighted by Crippen LogP contribution is -2.60. The number of primary amides is 1. The van der Waals surface area contributed by atoms with E-state index in [4.69, 9.17) is 16.6 Å². The van der Waals surface area contributed by atoms with Crippen molar-refractivity contribution in [1.82, 2.24) is 16.0 Å². The van der Waals surface area contributed by atoms with Crippen LogP contribution in [0.2, 0.25) is 0 Å². The molecule has 0 heterocycles. The van der Waals surface area contributed by atoms with Crippen LogP contribution in [0.5, 0.6) is 0 Å². The molecule has 14 heteroatoms. The molecule has 0 aliphatic carbocycles. The quantitative estimate of drug-likeness (QED) is 0.121. The number of hydrogen-bond donors (Lipinski definition) is 8. The molecule has 0 bridgehead atoms. The molecule has 1 aromatic rings. The van der Waals surface area contributed by atoms with Gasteiger partial charge in [0.1, 0.15) is 18.1 Å². The van der Waals surface area contributed by atoms with Crippen molar-refractivity contribution in [1.29, 1.82) is 0 Å². The van der Waals surface area contributed by atoms with Crippen LogP contribution in [-0.2, 0) is 35.2 Å². The Kier molecular flexibility index (Phi) is 12.0. The minimum absolute atomic E-state index is 0.0494. The smallest absolute Gasteiger partial charge is 0.326 e. The minimum atomic E-state index is -1.64. The van der Waals surface area contributed by atoms with Gasteiger partial charge < -0.3 is 42.7 Å². The summed E-state index contributed by atoms with van der Waals surface area (Å²) in [6.45, 7) is 1.17. The molecule has 0 fully saturated rings. The third kappa shape index (κ3) is 10.5. The molecule has 5 atom stereocenters. The van der Waals surface area contributed by atoms with Gasteiger partial charge in [0.05, 0.1) is 18.6 Å². The van der Waals surface area contributed by atoms with Gasteiger partial charge in [-0.15, -0.1) is 0 Å². The van der Waals surface area contributed by atoms with E-state index in [1.807, 2.05) is 0 Å². The average Bonchev–Trinajstić information content (AvgIpc) is 2.78. The van der Waals surface area contributed by atoms with E-state index >= 15 is 0 Å². The van der Waals surface area contributed by atoms with E-state index in [0.717, 1.165) is 0 Å². The molecular weight excluding hydrogens is 478 g/mol. The van der Waals surface area contributed by atoms with Gasteiger partial charge in [-0.1, -0.05) is 30.3 Å². The summed E-state index contributed by atoms with van der Waals surface area (Å²) in [5.41, 5.74) is 11.3. The largest absolute Gasteiger partial charge is 0.481 e. The molecule has 0 aromatic heterocycles. The van der Waals surface area contributed by atoms with Crippen LogP contribution in [-0.4, -0.2) is 81.2 Å². The van der Waals surface area contributed by atoms with Gasteiger partial charge in [-0.3, -0.25) is 24.0 Å². The second-order valence-electron chi connectivity index (χ2n) is 8.09. The first kappa shape index (κ1) is 30.0. The Labute approximate surface area is 206 Å². The molecule has 0 aliphatic rings. The highest BCUT2D eigenvalue weighted by Crippen LogP contribution is 2.06. The number of carboxylic acid groups (broad SMARTS) is 2. The van der Waals surface area contributed by atoms with Crippen LogP contribution in [0, 0.1) is 0 Å². The number of benzene rings is 1. The molecule has 0 aliphatic heterocycles. The van der Waals surface area contributed by atoms with Gasteiger partial charge in [-0.2, -0.15) is 0 Å². The fraction of sp³-hybridized carbons (Fsp3) is 0.455. The van der Waals surface area contributed by atoms with E-state index in [-0.39, 0.29) is 6.42 Å². The van der Waals surface area contributed by atoms with Crippen molar-refractivity contribution in [3.63, 3.8) is 0 Å². The second kappa shape index (κ2) is 14.4. The summed E-state index contributed by atoms with van der Waals surface area (Å²) < 4.78 is 0. The summed E-state index contributed by atoms with van der Waals surface area (Å²) in [5, 5.41) is 34.8. The number of aliphatic hydroxyl groups is 1. The summed E-state index contributed by atoms with van der Waals surface area (Å²) in [7, 11) is 0. The third-order valence-electron chi connectivity index (χ3n) is 5.00. The number of aliphatic carboxylic acids is 2. The van der Waals surface area contributed by atoms with Crippen LogP contribution in [0.4, 0.5) is 0 Å². The fourth-order valence-electron chi connectivity index (χ4n) is 3.09. The normalized spacial score (nSPS) is 14.9. The van der Waals surface area contributed by atoms with Gasteiger partial charge in [0.15, 0.2) is 0 Å². The van der Waals surface area contributed by atoms with E-state index in [9.17, 15) is 39.0 Å². The molecule has 0 radical (unpaired) electrons. The number of aliphatic hydroxyl groups excluding tert-OH is 1. The first-order valence-electron chi connectivity index (χ1n) is 10.9. The number of amides is 4. The lowest BCUT2D eigenvalue weighted by Gasteiger charge is -2.26. The Balaban J connectivity index is 3.06. The lowest BCUT2D eigenvalue weighted by molar-refractivity contribution is -0.144. The molecule has 36 heavy (non-hydrogen) atoms. The van der Waals surface area contributed by atoms with Crippen LogP contribution in [0.25, 0.3) is 0 Å². The molecule has 14 nitrogen and oxygen atoms in total. The van der Waals surface area contributed by atoms with Crippen molar-refractivity contribution in [3.8, 4) is 0 Å². The van der Waals surface area contributed by atoms with Gasteiger partial charge in [-0.25, -0.2) is 4.79 Å². The Bertz CT molecular complexity index is 954. The predicted molar refractivity (Wildman–Crippen MR) is 124 cm³/mol. The van der Waals surface area contributed by atoms with Crippen molar-refractivity contribution in [2.45, 2.75) is 62.9 Å². The van der Waals surface area contributed by atoms with Crippen molar-refractivity contribution >= 4 is 35.6 Å². The maximum absolute atomic E-state index is 13.0. The number of nitrogens with two attached hydrogens (primary N) is 2. The molecule has 0 saturated heterocycles. The molecule has 198 valence electrons. The number of carbonyl (C=O) groups excluding carboxylic acids is 4. The molecule has 0 spiro atoms. The molecule has 1 aromatic carbocycles. The highest BCUT2D eigenvalue weighted by Gasteiger charge is 2.33. The average molecular weight is 510 g/mol. The van der Waals surface area contributed by atoms with Gasteiger partial charge in [-0.05, 0) is 18.9 Å². The maximum Gasteiger partial charge on any atom is 0.326 e. The molecule has 0 saturated carbocycles. The van der Waals surface area contributed by atoms with Crippen LogP contribution in [0.3, 0.4) is 0 Å². The number of rotatable bonds is 15. The van der Waals surface area contributed by atoms with Gasteiger partial charge >= 0.3 is 11.9 Å².